The van der Waals surface area contributed by atoms with Gasteiger partial charge in [0.05, 0.1) is 50.2 Å². The first-order chi connectivity index (χ1) is 29.2. The van der Waals surface area contributed by atoms with Crippen molar-refractivity contribution < 1.29 is 41.9 Å². The zero-order valence-electron chi connectivity index (χ0n) is 34.4. The third kappa shape index (κ3) is 12.8. The molecule has 1 aromatic heterocycles. The number of nitrogens with one attached hydrogen (secondary N) is 2. The average Bonchev–Trinajstić information content (AvgIpc) is 3.78. The van der Waals surface area contributed by atoms with E-state index in [1.54, 1.807) is 24.3 Å². The van der Waals surface area contributed by atoms with E-state index in [2.05, 4.69) is 17.6 Å². The van der Waals surface area contributed by atoms with Gasteiger partial charge in [-0.2, -0.15) is 0 Å². The van der Waals surface area contributed by atoms with Crippen LogP contribution in [-0.2, 0) is 47.6 Å². The van der Waals surface area contributed by atoms with E-state index in [-0.39, 0.29) is 49.2 Å². The number of furan rings is 1. The van der Waals surface area contributed by atoms with Crippen LogP contribution in [0.4, 0.5) is 0 Å². The Hall–Kier alpha value is -5.81. The molecule has 5 aromatic rings. The summed E-state index contributed by atoms with van der Waals surface area (Å²) in [4.78, 5) is 53.8. The van der Waals surface area contributed by atoms with Gasteiger partial charge in [-0.05, 0) is 66.8 Å². The molecule has 0 saturated heterocycles. The molecule has 60 heavy (non-hydrogen) atoms. The molecule has 12 nitrogen and oxygen atoms in total. The molecule has 0 fully saturated rings. The van der Waals surface area contributed by atoms with Gasteiger partial charge in [-0.25, -0.2) is 0 Å². The van der Waals surface area contributed by atoms with Crippen molar-refractivity contribution in [1.29, 1.82) is 0 Å². The molecule has 1 heterocycles. The number of unbranched alkanes of at least 4 members (excludes halogenated alkanes) is 2. The van der Waals surface area contributed by atoms with E-state index in [1.165, 1.54) is 6.07 Å². The van der Waals surface area contributed by atoms with Crippen LogP contribution < -0.4 is 20.7 Å². The van der Waals surface area contributed by atoms with Crippen LogP contribution in [0.5, 0.6) is 5.75 Å². The summed E-state index contributed by atoms with van der Waals surface area (Å²) in [6.45, 7) is 5.89. The van der Waals surface area contributed by atoms with Crippen molar-refractivity contribution in [3.05, 3.63) is 144 Å². The minimum atomic E-state index is -3.98. The Labute approximate surface area is 352 Å². The van der Waals surface area contributed by atoms with Crippen LogP contribution in [0.15, 0.2) is 126 Å². The quantitative estimate of drug-likeness (QED) is 0.0269. The van der Waals surface area contributed by atoms with Crippen molar-refractivity contribution in [3.8, 4) is 17.1 Å². The van der Waals surface area contributed by atoms with E-state index >= 15 is 0 Å². The molecule has 0 unspecified atom stereocenters. The van der Waals surface area contributed by atoms with Gasteiger partial charge in [-0.1, -0.05) is 124 Å². The first-order valence-electron chi connectivity index (χ1n) is 20.4. The number of imide groups is 1. The van der Waals surface area contributed by atoms with Gasteiger partial charge in [-0.15, -0.1) is 0 Å². The summed E-state index contributed by atoms with van der Waals surface area (Å²) in [6.07, 6.45) is 3.92. The second-order valence-electron chi connectivity index (χ2n) is 14.2. The predicted molar refractivity (Wildman–Crippen MR) is 230 cm³/mol. The van der Waals surface area contributed by atoms with E-state index in [0.29, 0.717) is 42.9 Å². The highest BCUT2D eigenvalue weighted by atomic mass is 31.2. The Morgan fingerprint density at radius 1 is 0.767 bits per heavy atom. The number of hydrogen-bond donors (Lipinski definition) is 2. The fourth-order valence-corrected chi connectivity index (χ4v) is 8.40. The van der Waals surface area contributed by atoms with Gasteiger partial charge in [0.15, 0.2) is 5.76 Å². The lowest BCUT2D eigenvalue weighted by molar-refractivity contribution is -0.143. The molecule has 0 saturated carbocycles. The monoisotopic (exact) mass is 835 g/mol. The number of rotatable bonds is 24. The molecule has 4 aromatic carbocycles. The molecule has 2 N–H and O–H groups in total. The van der Waals surface area contributed by atoms with Gasteiger partial charge < -0.3 is 28.8 Å². The Bertz CT molecular complexity index is 2130. The maximum absolute atomic E-state index is 14.7. The van der Waals surface area contributed by atoms with E-state index in [0.717, 1.165) is 40.9 Å². The first-order valence-corrected chi connectivity index (χ1v) is 21.9. The van der Waals surface area contributed by atoms with Gasteiger partial charge in [0.1, 0.15) is 11.5 Å². The highest BCUT2D eigenvalue weighted by molar-refractivity contribution is 7.62. The molecule has 5 rings (SSSR count). The molecule has 4 amide bonds. The summed E-state index contributed by atoms with van der Waals surface area (Å²) < 4.78 is 38.7. The van der Waals surface area contributed by atoms with Crippen molar-refractivity contribution in [2.45, 2.75) is 78.6 Å². The van der Waals surface area contributed by atoms with Crippen molar-refractivity contribution in [1.82, 2.24) is 15.5 Å². The van der Waals surface area contributed by atoms with Crippen molar-refractivity contribution in [3.63, 3.8) is 0 Å². The number of hydrogen-bond acceptors (Lipinski definition) is 9. The molecule has 0 aliphatic carbocycles. The van der Waals surface area contributed by atoms with E-state index in [1.807, 2.05) is 105 Å². The molecule has 0 bridgehead atoms. The van der Waals surface area contributed by atoms with E-state index in [4.69, 9.17) is 18.2 Å². The summed E-state index contributed by atoms with van der Waals surface area (Å²) in [5.74, 6) is -1.39. The average molecular weight is 836 g/mol. The van der Waals surface area contributed by atoms with Crippen LogP contribution in [0.1, 0.15) is 80.1 Å². The van der Waals surface area contributed by atoms with Gasteiger partial charge in [0.2, 0.25) is 18.2 Å². The number of nitrogens with zero attached hydrogens (tertiary/aromatic N) is 1. The molecule has 13 heteroatoms. The van der Waals surface area contributed by atoms with Crippen LogP contribution in [0, 0.1) is 5.92 Å². The lowest BCUT2D eigenvalue weighted by Crippen LogP contribution is -2.50. The molecule has 2 atom stereocenters. The minimum absolute atomic E-state index is 0.0290. The van der Waals surface area contributed by atoms with Crippen LogP contribution >= 0.6 is 7.60 Å². The molecular formula is C47H54N3O9P. The number of carbonyl (C=O) groups excluding carboxylic acids is 4. The lowest BCUT2D eigenvalue weighted by Gasteiger charge is -2.32. The fourth-order valence-electron chi connectivity index (χ4n) is 6.80. The van der Waals surface area contributed by atoms with Gasteiger partial charge in [-0.3, -0.25) is 28.6 Å². The normalized spacial score (nSPS) is 12.2. The number of carbonyl (C=O) groups is 4. The second-order valence-corrected chi connectivity index (χ2v) is 16.2. The summed E-state index contributed by atoms with van der Waals surface area (Å²) >= 11 is 0. The molecule has 0 aliphatic rings. The topological polar surface area (TPSA) is 153 Å². The zero-order chi connectivity index (χ0) is 42.7. The highest BCUT2D eigenvalue weighted by Gasteiger charge is 2.34. The summed E-state index contributed by atoms with van der Waals surface area (Å²) in [5, 5.41) is 5.71. The maximum atomic E-state index is 14.7. The summed E-state index contributed by atoms with van der Waals surface area (Å²) in [6, 6.07) is 35.3. The number of amides is 4. The van der Waals surface area contributed by atoms with Crippen molar-refractivity contribution in [2.75, 3.05) is 13.3 Å². The van der Waals surface area contributed by atoms with Crippen LogP contribution in [0.3, 0.4) is 0 Å². The maximum Gasteiger partial charge on any atom is 0.362 e. The second kappa shape index (κ2) is 23.1. The molecule has 316 valence electrons. The van der Waals surface area contributed by atoms with Gasteiger partial charge in [0, 0.05) is 5.56 Å². The molecule has 0 radical (unpaired) electrons. The number of benzene rings is 4. The first kappa shape index (κ1) is 45.3. The summed E-state index contributed by atoms with van der Waals surface area (Å²) in [7, 11) is -3.98. The SMILES string of the molecule is CCCCC[C@@H](C(=O)NCNC(=O)c1ccc(-c2cc(OCC)cc(P(=O)(OCc3ccccc3)OCc3ccccc3)c2)o1)[C@@H](CC)N(C=O)C(=O)Cc1ccccc1. The largest absolute Gasteiger partial charge is 0.494 e. The molecular weight excluding hydrogens is 782 g/mol. The Morgan fingerprint density at radius 3 is 1.95 bits per heavy atom. The van der Waals surface area contributed by atoms with Gasteiger partial charge >= 0.3 is 7.60 Å². The van der Waals surface area contributed by atoms with Crippen molar-refractivity contribution >= 4 is 37.0 Å². The molecule has 0 spiro atoms. The number of ether oxygens (including phenoxy) is 1. The highest BCUT2D eigenvalue weighted by Crippen LogP contribution is 2.50. The summed E-state index contributed by atoms with van der Waals surface area (Å²) in [5.41, 5.74) is 2.86. The Kier molecular flexibility index (Phi) is 17.4. The van der Waals surface area contributed by atoms with E-state index < -0.39 is 25.5 Å². The Balaban J connectivity index is 1.30. The van der Waals surface area contributed by atoms with Crippen LogP contribution in [0.25, 0.3) is 11.3 Å². The fraction of sp³-hybridized carbons (Fsp3) is 0.319. The zero-order valence-corrected chi connectivity index (χ0v) is 35.3. The third-order valence-electron chi connectivity index (χ3n) is 9.93. The third-order valence-corrected chi connectivity index (χ3v) is 11.8. The van der Waals surface area contributed by atoms with Crippen LogP contribution in [-0.4, -0.2) is 48.3 Å². The van der Waals surface area contributed by atoms with E-state index in [9.17, 15) is 23.7 Å². The van der Waals surface area contributed by atoms with Crippen molar-refractivity contribution in [2.24, 2.45) is 5.92 Å². The van der Waals surface area contributed by atoms with Crippen LogP contribution in [0.2, 0.25) is 0 Å². The minimum Gasteiger partial charge on any atom is -0.494 e. The Morgan fingerprint density at radius 2 is 1.38 bits per heavy atom. The predicted octanol–water partition coefficient (Wildman–Crippen LogP) is 8.60. The standard InChI is InChI=1S/C47H54N3O9P/c1-4-7-11-24-41(42(5-2)50(34-51)45(52)27-35-18-12-8-13-19-35)46(53)48-33-49-47(54)44-26-25-43(59-44)38-28-39(56-6-3)30-40(29-38)60(55,57-31-36-20-14-9-15-21-36)58-32-37-22-16-10-17-23-37/h8-10,12-23,25-26,28-30,34,41-42H,4-7,11,24,27,31-33H2,1-3H3,(H,48,53)(H,49,54)/t41-,42-/m1/s1. The lowest BCUT2D eigenvalue weighted by atomic mass is 9.89. The van der Waals surface area contributed by atoms with Gasteiger partial charge in [0.25, 0.3) is 5.91 Å². The smallest absolute Gasteiger partial charge is 0.362 e. The molecule has 0 aliphatic heterocycles.